The van der Waals surface area contributed by atoms with E-state index in [-0.39, 0.29) is 5.37 Å². The SMILES string of the molecule is CSC1N=CCn2c(Br)cnc21. The smallest absolute Gasteiger partial charge is 0.152 e. The van der Waals surface area contributed by atoms with Crippen molar-refractivity contribution >= 4 is 33.9 Å². The number of imidazole rings is 1. The lowest BCUT2D eigenvalue weighted by atomic mass is 10.5. The van der Waals surface area contributed by atoms with Crippen LogP contribution in [0.15, 0.2) is 15.8 Å². The molecule has 64 valence electrons. The zero-order chi connectivity index (χ0) is 8.55. The molecule has 0 radical (unpaired) electrons. The molecular weight excluding hydrogens is 238 g/mol. The Hall–Kier alpha value is -0.290. The molecule has 2 rings (SSSR count). The zero-order valence-electron chi connectivity index (χ0n) is 6.57. The maximum absolute atomic E-state index is 4.34. The summed E-state index contributed by atoms with van der Waals surface area (Å²) < 4.78 is 3.15. The van der Waals surface area contributed by atoms with Crippen molar-refractivity contribution in [1.82, 2.24) is 9.55 Å². The maximum atomic E-state index is 4.34. The molecule has 1 aromatic heterocycles. The standard InChI is InChI=1S/C7H8BrN3S/c1-12-7-6-10-4-5(8)11(6)3-2-9-7/h2,4,7H,3H2,1H3. The molecule has 0 fully saturated rings. The van der Waals surface area contributed by atoms with Crippen LogP contribution in [-0.2, 0) is 6.54 Å². The third kappa shape index (κ3) is 1.21. The van der Waals surface area contributed by atoms with Crippen molar-refractivity contribution in [3.63, 3.8) is 0 Å². The van der Waals surface area contributed by atoms with E-state index >= 15 is 0 Å². The lowest BCUT2D eigenvalue weighted by Crippen LogP contribution is -2.12. The van der Waals surface area contributed by atoms with Crippen LogP contribution in [0.3, 0.4) is 0 Å². The number of aromatic nitrogens is 2. The van der Waals surface area contributed by atoms with Crippen LogP contribution in [0.5, 0.6) is 0 Å². The normalized spacial score (nSPS) is 21.0. The van der Waals surface area contributed by atoms with E-state index in [0.717, 1.165) is 17.0 Å². The van der Waals surface area contributed by atoms with Crippen molar-refractivity contribution in [2.24, 2.45) is 4.99 Å². The summed E-state index contributed by atoms with van der Waals surface area (Å²) in [4.78, 5) is 8.63. The van der Waals surface area contributed by atoms with Gasteiger partial charge in [-0.2, -0.15) is 0 Å². The number of aliphatic imine (C=N–C) groups is 1. The first kappa shape index (κ1) is 8.31. The molecule has 12 heavy (non-hydrogen) atoms. The predicted octanol–water partition coefficient (Wildman–Crippen LogP) is 2.09. The summed E-state index contributed by atoms with van der Waals surface area (Å²) in [6, 6.07) is 0. The molecule has 0 amide bonds. The molecular formula is C7H8BrN3S. The van der Waals surface area contributed by atoms with Gasteiger partial charge in [-0.05, 0) is 22.2 Å². The largest absolute Gasteiger partial charge is 0.315 e. The van der Waals surface area contributed by atoms with E-state index in [1.807, 2.05) is 18.7 Å². The van der Waals surface area contributed by atoms with Gasteiger partial charge in [0.05, 0.1) is 12.7 Å². The number of hydrogen-bond donors (Lipinski definition) is 0. The lowest BCUT2D eigenvalue weighted by molar-refractivity contribution is 0.715. The molecule has 1 aliphatic rings. The number of hydrogen-bond acceptors (Lipinski definition) is 3. The minimum Gasteiger partial charge on any atom is -0.315 e. The highest BCUT2D eigenvalue weighted by Crippen LogP contribution is 2.30. The van der Waals surface area contributed by atoms with Crippen LogP contribution >= 0.6 is 27.7 Å². The fourth-order valence-corrected chi connectivity index (χ4v) is 2.24. The Kier molecular flexibility index (Phi) is 2.23. The van der Waals surface area contributed by atoms with Crippen LogP contribution in [0, 0.1) is 0 Å². The average molecular weight is 246 g/mol. The monoisotopic (exact) mass is 245 g/mol. The fraction of sp³-hybridized carbons (Fsp3) is 0.429. The molecule has 2 heterocycles. The average Bonchev–Trinajstić information content (AvgIpc) is 2.48. The third-order valence-corrected chi connectivity index (χ3v) is 3.20. The summed E-state index contributed by atoms with van der Waals surface area (Å²) in [5.41, 5.74) is 0. The van der Waals surface area contributed by atoms with Crippen molar-refractivity contribution in [3.05, 3.63) is 16.6 Å². The summed E-state index contributed by atoms with van der Waals surface area (Å²) in [7, 11) is 0. The van der Waals surface area contributed by atoms with E-state index in [2.05, 4.69) is 30.5 Å². The lowest BCUT2D eigenvalue weighted by Gasteiger charge is -2.16. The Morgan fingerprint density at radius 2 is 2.58 bits per heavy atom. The molecule has 3 nitrogen and oxygen atoms in total. The van der Waals surface area contributed by atoms with Crippen molar-refractivity contribution in [1.29, 1.82) is 0 Å². The minimum absolute atomic E-state index is 0.171. The van der Waals surface area contributed by atoms with Gasteiger partial charge in [0.15, 0.2) is 5.37 Å². The fourth-order valence-electron chi connectivity index (χ4n) is 1.20. The van der Waals surface area contributed by atoms with Crippen LogP contribution < -0.4 is 0 Å². The van der Waals surface area contributed by atoms with Crippen molar-refractivity contribution in [2.45, 2.75) is 11.9 Å². The molecule has 0 N–H and O–H groups in total. The van der Waals surface area contributed by atoms with Gasteiger partial charge in [-0.25, -0.2) is 4.98 Å². The topological polar surface area (TPSA) is 30.2 Å². The highest BCUT2D eigenvalue weighted by Gasteiger charge is 2.19. The maximum Gasteiger partial charge on any atom is 0.152 e. The zero-order valence-corrected chi connectivity index (χ0v) is 8.97. The molecule has 5 heteroatoms. The van der Waals surface area contributed by atoms with Crippen LogP contribution in [0.1, 0.15) is 11.2 Å². The highest BCUT2D eigenvalue weighted by atomic mass is 79.9. The Bertz CT molecular complexity index is 320. The quantitative estimate of drug-likeness (QED) is 0.759. The molecule has 0 bridgehead atoms. The molecule has 1 aromatic rings. The van der Waals surface area contributed by atoms with Crippen molar-refractivity contribution in [2.75, 3.05) is 6.26 Å². The Balaban J connectivity index is 2.44. The van der Waals surface area contributed by atoms with Crippen LogP contribution in [0.25, 0.3) is 0 Å². The van der Waals surface area contributed by atoms with Gasteiger partial charge >= 0.3 is 0 Å². The Morgan fingerprint density at radius 3 is 3.33 bits per heavy atom. The van der Waals surface area contributed by atoms with Gasteiger partial charge in [-0.1, -0.05) is 0 Å². The van der Waals surface area contributed by atoms with Gasteiger partial charge in [0, 0.05) is 6.21 Å². The number of thioether (sulfide) groups is 1. The first-order valence-corrected chi connectivity index (χ1v) is 5.66. The van der Waals surface area contributed by atoms with Crippen LogP contribution in [0.4, 0.5) is 0 Å². The summed E-state index contributed by atoms with van der Waals surface area (Å²) in [5.74, 6) is 1.04. The molecule has 1 atom stereocenters. The number of nitrogens with zero attached hydrogens (tertiary/aromatic N) is 3. The van der Waals surface area contributed by atoms with Gasteiger partial charge in [0.1, 0.15) is 10.4 Å². The van der Waals surface area contributed by atoms with Gasteiger partial charge in [0.2, 0.25) is 0 Å². The van der Waals surface area contributed by atoms with E-state index < -0.39 is 0 Å². The second-order valence-corrected chi connectivity index (χ2v) is 4.20. The summed E-state index contributed by atoms with van der Waals surface area (Å²) in [6.45, 7) is 0.826. The van der Waals surface area contributed by atoms with Crippen molar-refractivity contribution in [3.8, 4) is 0 Å². The highest BCUT2D eigenvalue weighted by molar-refractivity contribution is 9.10. The van der Waals surface area contributed by atoms with E-state index in [0.29, 0.717) is 0 Å². The summed E-state index contributed by atoms with van der Waals surface area (Å²) in [6.07, 6.45) is 5.80. The number of halogens is 1. The van der Waals surface area contributed by atoms with Gasteiger partial charge in [0.25, 0.3) is 0 Å². The molecule has 0 saturated carbocycles. The number of fused-ring (bicyclic) bond motifs is 1. The molecule has 0 aromatic carbocycles. The molecule has 0 spiro atoms. The van der Waals surface area contributed by atoms with Crippen molar-refractivity contribution < 1.29 is 0 Å². The molecule has 1 aliphatic heterocycles. The predicted molar refractivity (Wildman–Crippen MR) is 54.7 cm³/mol. The molecule has 0 aliphatic carbocycles. The van der Waals surface area contributed by atoms with Gasteiger partial charge in [-0.3, -0.25) is 4.99 Å². The first-order valence-electron chi connectivity index (χ1n) is 3.58. The minimum atomic E-state index is 0.171. The second-order valence-electron chi connectivity index (χ2n) is 2.47. The number of rotatable bonds is 1. The Morgan fingerprint density at radius 1 is 1.75 bits per heavy atom. The first-order chi connectivity index (χ1) is 5.83. The Labute approximate surface area is 83.4 Å². The van der Waals surface area contributed by atoms with Gasteiger partial charge in [-0.15, -0.1) is 11.8 Å². The second kappa shape index (κ2) is 3.22. The summed E-state index contributed by atoms with van der Waals surface area (Å²) >= 11 is 5.14. The van der Waals surface area contributed by atoms with Crippen LogP contribution in [0.2, 0.25) is 0 Å². The molecule has 0 saturated heterocycles. The van der Waals surface area contributed by atoms with Crippen LogP contribution in [-0.4, -0.2) is 22.0 Å². The summed E-state index contributed by atoms with van der Waals surface area (Å²) in [5, 5.41) is 0.171. The van der Waals surface area contributed by atoms with E-state index in [1.165, 1.54) is 0 Å². The van der Waals surface area contributed by atoms with E-state index in [9.17, 15) is 0 Å². The third-order valence-electron chi connectivity index (χ3n) is 1.79. The van der Waals surface area contributed by atoms with E-state index in [1.54, 1.807) is 11.8 Å². The van der Waals surface area contributed by atoms with Gasteiger partial charge < -0.3 is 4.57 Å². The molecule has 1 unspecified atom stereocenters. The van der Waals surface area contributed by atoms with E-state index in [4.69, 9.17) is 0 Å².